The van der Waals surface area contributed by atoms with Crippen molar-refractivity contribution in [3.8, 4) is 0 Å². The Morgan fingerprint density at radius 2 is 1.38 bits per heavy atom. The first kappa shape index (κ1) is 15.0. The molecule has 1 aliphatic carbocycles. The number of benzene rings is 3. The number of nitrogens with zero attached hydrogens (tertiary/aromatic N) is 1. The van der Waals surface area contributed by atoms with Gasteiger partial charge >= 0.3 is 0 Å². The fourth-order valence-electron chi connectivity index (χ4n) is 3.67. The van der Waals surface area contributed by atoms with Crippen LogP contribution in [0.5, 0.6) is 0 Å². The van der Waals surface area contributed by atoms with E-state index in [1.165, 1.54) is 59.4 Å². The van der Waals surface area contributed by atoms with Crippen LogP contribution in [-0.2, 0) is 12.8 Å². The molecule has 24 heavy (non-hydrogen) atoms. The molecule has 0 aromatic heterocycles. The van der Waals surface area contributed by atoms with Gasteiger partial charge < -0.3 is 4.90 Å². The van der Waals surface area contributed by atoms with E-state index >= 15 is 0 Å². The summed E-state index contributed by atoms with van der Waals surface area (Å²) in [5.74, 6) is 0. The highest BCUT2D eigenvalue weighted by molar-refractivity contribution is 5.79. The molecule has 3 aromatic carbocycles. The molecule has 0 radical (unpaired) electrons. The lowest BCUT2D eigenvalue weighted by Crippen LogP contribution is -2.15. The van der Waals surface area contributed by atoms with Crippen LogP contribution in [0.25, 0.3) is 0 Å². The third-order valence-electron chi connectivity index (χ3n) is 4.92. The number of fused-ring (bicyclic) bond motifs is 1. The summed E-state index contributed by atoms with van der Waals surface area (Å²) in [6.07, 6.45) is 4.99. The molecule has 1 nitrogen and oxygen atoms in total. The third-order valence-corrected chi connectivity index (χ3v) is 4.92. The Hall–Kier alpha value is -2.54. The number of rotatable bonds is 3. The van der Waals surface area contributed by atoms with Crippen molar-refractivity contribution in [3.63, 3.8) is 0 Å². The summed E-state index contributed by atoms with van der Waals surface area (Å²) in [6, 6.07) is 26.3. The van der Waals surface area contributed by atoms with Gasteiger partial charge in [-0.2, -0.15) is 0 Å². The molecule has 0 fully saturated rings. The van der Waals surface area contributed by atoms with Crippen LogP contribution in [0.15, 0.2) is 72.8 Å². The van der Waals surface area contributed by atoms with Crippen LogP contribution in [0.1, 0.15) is 29.5 Å². The van der Waals surface area contributed by atoms with E-state index in [1.807, 2.05) is 0 Å². The van der Waals surface area contributed by atoms with Gasteiger partial charge in [0.05, 0.1) is 0 Å². The molecule has 0 N–H and O–H groups in total. The maximum absolute atomic E-state index is 2.41. The SMILES string of the molecule is Cc1ccc(N(c2ccccc2)c2cccc3c2CCCC3)cc1. The molecule has 0 spiro atoms. The molecular formula is C23H23N. The van der Waals surface area contributed by atoms with Crippen molar-refractivity contribution in [3.05, 3.63) is 89.5 Å². The molecule has 120 valence electrons. The molecule has 0 atom stereocenters. The van der Waals surface area contributed by atoms with Crippen molar-refractivity contribution in [1.29, 1.82) is 0 Å². The minimum absolute atomic E-state index is 1.18. The standard InChI is InChI=1S/C23H23N/c1-18-14-16-21(17-15-18)24(20-10-3-2-4-11-20)23-13-7-9-19-8-5-6-12-22(19)23/h2-4,7,9-11,13-17H,5-6,8,12H2,1H3. The summed E-state index contributed by atoms with van der Waals surface area (Å²) in [6.45, 7) is 2.14. The van der Waals surface area contributed by atoms with E-state index in [-0.39, 0.29) is 0 Å². The summed E-state index contributed by atoms with van der Waals surface area (Å²) in [4.78, 5) is 2.41. The molecule has 4 rings (SSSR count). The van der Waals surface area contributed by atoms with Crippen LogP contribution < -0.4 is 4.90 Å². The third kappa shape index (κ3) is 2.82. The molecule has 0 unspecified atom stereocenters. The molecule has 1 heteroatoms. The Morgan fingerprint density at radius 1 is 0.667 bits per heavy atom. The van der Waals surface area contributed by atoms with Gasteiger partial charge in [0, 0.05) is 17.1 Å². The van der Waals surface area contributed by atoms with Gasteiger partial charge in [0.2, 0.25) is 0 Å². The first-order valence-electron chi connectivity index (χ1n) is 8.85. The van der Waals surface area contributed by atoms with E-state index in [1.54, 1.807) is 0 Å². The van der Waals surface area contributed by atoms with Gasteiger partial charge in [-0.15, -0.1) is 0 Å². The van der Waals surface area contributed by atoms with Crippen molar-refractivity contribution < 1.29 is 0 Å². The normalized spacial score (nSPS) is 13.4. The van der Waals surface area contributed by atoms with Gasteiger partial charge in [0.15, 0.2) is 0 Å². The lowest BCUT2D eigenvalue weighted by Gasteiger charge is -2.30. The molecule has 3 aromatic rings. The van der Waals surface area contributed by atoms with Gasteiger partial charge in [-0.1, -0.05) is 48.0 Å². The Bertz CT molecular complexity index is 818. The zero-order chi connectivity index (χ0) is 16.4. The lowest BCUT2D eigenvalue weighted by molar-refractivity contribution is 0.686. The van der Waals surface area contributed by atoms with Gasteiger partial charge in [-0.05, 0) is 74.1 Å². The highest BCUT2D eigenvalue weighted by atomic mass is 15.1. The van der Waals surface area contributed by atoms with Crippen molar-refractivity contribution in [2.24, 2.45) is 0 Å². The van der Waals surface area contributed by atoms with Crippen LogP contribution in [0.4, 0.5) is 17.1 Å². The summed E-state index contributed by atoms with van der Waals surface area (Å²) < 4.78 is 0. The molecule has 0 saturated carbocycles. The molecular weight excluding hydrogens is 290 g/mol. The number of hydrogen-bond donors (Lipinski definition) is 0. The Labute approximate surface area is 144 Å². The molecule has 0 heterocycles. The smallest absolute Gasteiger partial charge is 0.0496 e. The van der Waals surface area contributed by atoms with E-state index in [4.69, 9.17) is 0 Å². The largest absolute Gasteiger partial charge is 0.310 e. The quantitative estimate of drug-likeness (QED) is 0.545. The summed E-state index contributed by atoms with van der Waals surface area (Å²) in [7, 11) is 0. The van der Waals surface area contributed by atoms with E-state index in [0.29, 0.717) is 0 Å². The summed E-state index contributed by atoms with van der Waals surface area (Å²) >= 11 is 0. The van der Waals surface area contributed by atoms with Crippen molar-refractivity contribution >= 4 is 17.1 Å². The second kappa shape index (κ2) is 6.52. The fourth-order valence-corrected chi connectivity index (χ4v) is 3.67. The zero-order valence-corrected chi connectivity index (χ0v) is 14.2. The first-order chi connectivity index (χ1) is 11.8. The number of para-hydroxylation sites is 1. The predicted molar refractivity (Wildman–Crippen MR) is 103 cm³/mol. The second-order valence-corrected chi connectivity index (χ2v) is 6.63. The highest BCUT2D eigenvalue weighted by Gasteiger charge is 2.19. The molecule has 1 aliphatic rings. The Balaban J connectivity index is 1.89. The average Bonchev–Trinajstić information content (AvgIpc) is 2.65. The Morgan fingerprint density at radius 3 is 2.17 bits per heavy atom. The van der Waals surface area contributed by atoms with Gasteiger partial charge in [-0.3, -0.25) is 0 Å². The van der Waals surface area contributed by atoms with E-state index in [9.17, 15) is 0 Å². The molecule has 0 amide bonds. The van der Waals surface area contributed by atoms with Crippen LogP contribution in [-0.4, -0.2) is 0 Å². The number of hydrogen-bond acceptors (Lipinski definition) is 1. The monoisotopic (exact) mass is 313 g/mol. The van der Waals surface area contributed by atoms with Crippen LogP contribution in [0.3, 0.4) is 0 Å². The van der Waals surface area contributed by atoms with E-state index < -0.39 is 0 Å². The number of aryl methyl sites for hydroxylation is 2. The molecule has 0 saturated heterocycles. The lowest BCUT2D eigenvalue weighted by atomic mass is 9.90. The van der Waals surface area contributed by atoms with E-state index in [2.05, 4.69) is 84.6 Å². The average molecular weight is 313 g/mol. The van der Waals surface area contributed by atoms with Crippen molar-refractivity contribution in [1.82, 2.24) is 0 Å². The van der Waals surface area contributed by atoms with Gasteiger partial charge in [0.1, 0.15) is 0 Å². The molecule has 0 bridgehead atoms. The first-order valence-corrected chi connectivity index (χ1v) is 8.85. The van der Waals surface area contributed by atoms with Crippen LogP contribution >= 0.6 is 0 Å². The summed E-state index contributed by atoms with van der Waals surface area (Å²) in [5, 5.41) is 0. The fraction of sp³-hybridized carbons (Fsp3) is 0.217. The highest BCUT2D eigenvalue weighted by Crippen LogP contribution is 2.39. The van der Waals surface area contributed by atoms with Crippen molar-refractivity contribution in [2.45, 2.75) is 32.6 Å². The summed E-state index contributed by atoms with van der Waals surface area (Å²) in [5.41, 5.74) is 8.12. The molecule has 0 aliphatic heterocycles. The minimum Gasteiger partial charge on any atom is -0.310 e. The predicted octanol–water partition coefficient (Wildman–Crippen LogP) is 6.34. The maximum atomic E-state index is 2.41. The van der Waals surface area contributed by atoms with Gasteiger partial charge in [0.25, 0.3) is 0 Å². The topological polar surface area (TPSA) is 3.24 Å². The zero-order valence-electron chi connectivity index (χ0n) is 14.2. The maximum Gasteiger partial charge on any atom is 0.0496 e. The second-order valence-electron chi connectivity index (χ2n) is 6.63. The Kier molecular flexibility index (Phi) is 4.08. The van der Waals surface area contributed by atoms with Crippen molar-refractivity contribution in [2.75, 3.05) is 4.90 Å². The van der Waals surface area contributed by atoms with Crippen LogP contribution in [0, 0.1) is 6.92 Å². The van der Waals surface area contributed by atoms with Crippen LogP contribution in [0.2, 0.25) is 0 Å². The van der Waals surface area contributed by atoms with Gasteiger partial charge in [-0.25, -0.2) is 0 Å². The minimum atomic E-state index is 1.18. The number of anilines is 3. The van der Waals surface area contributed by atoms with E-state index in [0.717, 1.165) is 0 Å².